The largest absolute Gasteiger partial charge is 0.483 e. The van der Waals surface area contributed by atoms with Crippen molar-refractivity contribution in [2.75, 3.05) is 6.54 Å². The summed E-state index contributed by atoms with van der Waals surface area (Å²) in [5.74, 6) is 0.633. The molecule has 1 aliphatic rings. The van der Waals surface area contributed by atoms with E-state index in [0.29, 0.717) is 11.3 Å². The number of hydrogen-bond donors (Lipinski definition) is 2. The van der Waals surface area contributed by atoms with Crippen molar-refractivity contribution in [3.63, 3.8) is 0 Å². The first kappa shape index (κ1) is 19.0. The van der Waals surface area contributed by atoms with Crippen molar-refractivity contribution in [1.82, 2.24) is 0 Å². The number of nitrogens with two attached hydrogens (primary N) is 1. The smallest absolute Gasteiger partial charge is 0.290 e. The van der Waals surface area contributed by atoms with Gasteiger partial charge in [0.05, 0.1) is 0 Å². The topological polar surface area (TPSA) is 63.3 Å². The van der Waals surface area contributed by atoms with E-state index in [1.165, 1.54) is 24.8 Å². The van der Waals surface area contributed by atoms with Gasteiger partial charge in [-0.2, -0.15) is 0 Å². The normalized spacial score (nSPS) is 17.7. The number of carbonyl (C=O) groups is 1. The lowest BCUT2D eigenvalue weighted by Crippen LogP contribution is -2.51. The molecule has 0 amide bonds. The molecule has 1 aliphatic carbocycles. The molecule has 0 aromatic heterocycles. The van der Waals surface area contributed by atoms with Crippen LogP contribution in [0.1, 0.15) is 52.0 Å². The maximum absolute atomic E-state index is 8.36. The van der Waals surface area contributed by atoms with Crippen LogP contribution >= 0.6 is 11.6 Å². The van der Waals surface area contributed by atoms with Crippen LogP contribution in [-0.4, -0.2) is 18.1 Å². The molecule has 0 radical (unpaired) electrons. The van der Waals surface area contributed by atoms with Gasteiger partial charge in [0.25, 0.3) is 6.47 Å². The SMILES string of the molecule is CC(CCN)C(C)(C)C1(c2ccc(Cl)cc2)CCC1.O=CO. The van der Waals surface area contributed by atoms with E-state index in [1.807, 2.05) is 12.1 Å². The van der Waals surface area contributed by atoms with Crippen LogP contribution in [-0.2, 0) is 10.2 Å². The van der Waals surface area contributed by atoms with Crippen molar-refractivity contribution in [3.8, 4) is 0 Å². The van der Waals surface area contributed by atoms with E-state index < -0.39 is 0 Å². The van der Waals surface area contributed by atoms with Crippen molar-refractivity contribution < 1.29 is 9.90 Å². The summed E-state index contributed by atoms with van der Waals surface area (Å²) in [6.45, 7) is 7.71. The number of carboxylic acid groups (broad SMARTS) is 1. The highest BCUT2D eigenvalue weighted by molar-refractivity contribution is 6.30. The first-order chi connectivity index (χ1) is 10.4. The molecule has 0 spiro atoms. The Hall–Kier alpha value is -1.06. The minimum absolute atomic E-state index is 0.250. The van der Waals surface area contributed by atoms with Crippen LogP contribution in [0.3, 0.4) is 0 Å². The molecular weight excluding hydrogens is 298 g/mol. The molecule has 4 heteroatoms. The average Bonchev–Trinajstić information content (AvgIpc) is 2.40. The van der Waals surface area contributed by atoms with Crippen LogP contribution in [0.2, 0.25) is 5.02 Å². The maximum atomic E-state index is 8.36. The van der Waals surface area contributed by atoms with E-state index in [2.05, 4.69) is 32.9 Å². The summed E-state index contributed by atoms with van der Waals surface area (Å²) in [6.07, 6.45) is 5.01. The number of benzene rings is 1. The van der Waals surface area contributed by atoms with Gasteiger partial charge >= 0.3 is 0 Å². The third-order valence-electron chi connectivity index (χ3n) is 5.67. The molecule has 3 nitrogen and oxygen atoms in total. The minimum Gasteiger partial charge on any atom is -0.483 e. The molecule has 0 bridgehead atoms. The van der Waals surface area contributed by atoms with Crippen LogP contribution in [0.15, 0.2) is 24.3 Å². The molecule has 1 saturated carbocycles. The summed E-state index contributed by atoms with van der Waals surface area (Å²) < 4.78 is 0. The fourth-order valence-electron chi connectivity index (χ4n) is 3.69. The highest BCUT2D eigenvalue weighted by Crippen LogP contribution is 2.58. The highest BCUT2D eigenvalue weighted by Gasteiger charge is 2.52. The van der Waals surface area contributed by atoms with Crippen molar-refractivity contribution >= 4 is 18.1 Å². The van der Waals surface area contributed by atoms with Crippen LogP contribution in [0.5, 0.6) is 0 Å². The molecule has 22 heavy (non-hydrogen) atoms. The second-order valence-electron chi connectivity index (χ2n) is 6.75. The Morgan fingerprint density at radius 1 is 1.36 bits per heavy atom. The zero-order chi connectivity index (χ0) is 16.8. The molecule has 0 heterocycles. The fourth-order valence-corrected chi connectivity index (χ4v) is 3.81. The third kappa shape index (κ3) is 3.64. The summed E-state index contributed by atoms with van der Waals surface area (Å²) >= 11 is 6.03. The van der Waals surface area contributed by atoms with Crippen LogP contribution in [0, 0.1) is 11.3 Å². The average molecular weight is 326 g/mol. The predicted molar refractivity (Wildman–Crippen MR) is 92.3 cm³/mol. The number of hydrogen-bond acceptors (Lipinski definition) is 2. The zero-order valence-electron chi connectivity index (χ0n) is 13.8. The van der Waals surface area contributed by atoms with E-state index in [-0.39, 0.29) is 11.9 Å². The Kier molecular flexibility index (Phi) is 6.89. The monoisotopic (exact) mass is 325 g/mol. The number of halogens is 1. The Bertz CT molecular complexity index is 466. The molecule has 1 atom stereocenters. The van der Waals surface area contributed by atoms with Crippen molar-refractivity contribution in [1.29, 1.82) is 0 Å². The number of rotatable bonds is 5. The van der Waals surface area contributed by atoms with Gasteiger partial charge in [-0.05, 0) is 54.8 Å². The zero-order valence-corrected chi connectivity index (χ0v) is 14.6. The highest BCUT2D eigenvalue weighted by atomic mass is 35.5. The molecule has 1 fully saturated rings. The lowest BCUT2D eigenvalue weighted by molar-refractivity contribution is -0.122. The Labute approximate surface area is 138 Å². The van der Waals surface area contributed by atoms with Gasteiger partial charge < -0.3 is 10.8 Å². The fraction of sp³-hybridized carbons (Fsp3) is 0.611. The van der Waals surface area contributed by atoms with Crippen LogP contribution in [0.25, 0.3) is 0 Å². The third-order valence-corrected chi connectivity index (χ3v) is 5.92. The van der Waals surface area contributed by atoms with Crippen molar-refractivity contribution in [2.24, 2.45) is 17.1 Å². The van der Waals surface area contributed by atoms with Gasteiger partial charge in [-0.15, -0.1) is 0 Å². The molecule has 0 saturated heterocycles. The van der Waals surface area contributed by atoms with Gasteiger partial charge in [-0.25, -0.2) is 0 Å². The standard InChI is InChI=1S/C17H26ClN.CH2O2/c1-13(9-12-19)16(2,3)17(10-4-11-17)14-5-7-15(18)8-6-14;2-1-3/h5-8,13H,4,9-12,19H2,1-3H3;1H,(H,2,3). The molecule has 0 aliphatic heterocycles. The Morgan fingerprint density at radius 3 is 2.23 bits per heavy atom. The maximum Gasteiger partial charge on any atom is 0.290 e. The summed E-state index contributed by atoms with van der Waals surface area (Å²) in [5.41, 5.74) is 7.81. The van der Waals surface area contributed by atoms with Crippen LogP contribution < -0.4 is 5.73 Å². The second kappa shape index (κ2) is 7.98. The summed E-state index contributed by atoms with van der Waals surface area (Å²) in [4.78, 5) is 8.36. The van der Waals surface area contributed by atoms with E-state index >= 15 is 0 Å². The van der Waals surface area contributed by atoms with Crippen molar-refractivity contribution in [3.05, 3.63) is 34.9 Å². The van der Waals surface area contributed by atoms with E-state index in [9.17, 15) is 0 Å². The summed E-state index contributed by atoms with van der Waals surface area (Å²) in [6, 6.07) is 8.50. The second-order valence-corrected chi connectivity index (χ2v) is 7.18. The van der Waals surface area contributed by atoms with Gasteiger partial charge in [-0.1, -0.05) is 50.9 Å². The van der Waals surface area contributed by atoms with Crippen LogP contribution in [0.4, 0.5) is 0 Å². The lowest BCUT2D eigenvalue weighted by Gasteiger charge is -2.56. The summed E-state index contributed by atoms with van der Waals surface area (Å²) in [5, 5.41) is 7.71. The van der Waals surface area contributed by atoms with E-state index in [4.69, 9.17) is 27.2 Å². The van der Waals surface area contributed by atoms with Gasteiger partial charge in [0, 0.05) is 10.4 Å². The van der Waals surface area contributed by atoms with E-state index in [0.717, 1.165) is 18.0 Å². The van der Waals surface area contributed by atoms with Gasteiger partial charge in [-0.3, -0.25) is 4.79 Å². The quantitative estimate of drug-likeness (QED) is 0.785. The van der Waals surface area contributed by atoms with Crippen molar-refractivity contribution in [2.45, 2.75) is 51.9 Å². The molecule has 1 aromatic carbocycles. The first-order valence-electron chi connectivity index (χ1n) is 7.89. The summed E-state index contributed by atoms with van der Waals surface area (Å²) in [7, 11) is 0. The molecule has 124 valence electrons. The molecule has 3 N–H and O–H groups in total. The molecule has 2 rings (SSSR count). The van der Waals surface area contributed by atoms with Gasteiger partial charge in [0.1, 0.15) is 0 Å². The van der Waals surface area contributed by atoms with Gasteiger partial charge in [0.15, 0.2) is 0 Å². The Morgan fingerprint density at radius 2 is 1.86 bits per heavy atom. The molecule has 1 unspecified atom stereocenters. The Balaban J connectivity index is 0.000000745. The van der Waals surface area contributed by atoms with E-state index in [1.54, 1.807) is 0 Å². The lowest BCUT2D eigenvalue weighted by atomic mass is 9.48. The first-order valence-corrected chi connectivity index (χ1v) is 8.27. The molecule has 1 aromatic rings. The van der Waals surface area contributed by atoms with Gasteiger partial charge in [0.2, 0.25) is 0 Å². The molecular formula is C18H28ClNO2. The predicted octanol–water partition coefficient (Wildman–Crippen LogP) is 4.47. The minimum atomic E-state index is -0.250.